The van der Waals surface area contributed by atoms with E-state index in [0.717, 1.165) is 0 Å². The van der Waals surface area contributed by atoms with Crippen molar-refractivity contribution in [2.75, 3.05) is 21.3 Å². The second-order valence-corrected chi connectivity index (χ2v) is 6.74. The largest absolute Gasteiger partial charge is 0.496 e. The predicted octanol–water partition coefficient (Wildman–Crippen LogP) is 3.86. The van der Waals surface area contributed by atoms with E-state index in [4.69, 9.17) is 35.3 Å². The van der Waals surface area contributed by atoms with Gasteiger partial charge in [-0.25, -0.2) is 0 Å². The number of hydrogen-bond donors (Lipinski definition) is 0. The average molecular weight is 419 g/mol. The van der Waals surface area contributed by atoms with Gasteiger partial charge in [-0.3, -0.25) is 9.59 Å². The minimum absolute atomic E-state index is 0.0970. The molecule has 0 saturated carbocycles. The number of carbonyl (C=O) groups is 2. The Hall–Kier alpha value is -3.19. The fraction of sp³-hybridized carbons (Fsp3) is 0.238. The molecule has 2 aromatic rings. The van der Waals surface area contributed by atoms with Crippen molar-refractivity contribution in [3.63, 3.8) is 0 Å². The number of ketones is 1. The molecule has 152 valence electrons. The summed E-state index contributed by atoms with van der Waals surface area (Å²) >= 11 is 5.71. The molecule has 1 atom stereocenters. The highest BCUT2D eigenvalue weighted by Crippen LogP contribution is 2.39. The van der Waals surface area contributed by atoms with Crippen molar-refractivity contribution >= 4 is 29.4 Å². The molecule has 1 unspecified atom stereocenters. The molecule has 1 aliphatic heterocycles. The molecule has 0 radical (unpaired) electrons. The Kier molecular flexibility index (Phi) is 5.98. The van der Waals surface area contributed by atoms with Crippen LogP contribution >= 0.6 is 11.6 Å². The topological polar surface area (TPSA) is 80.3 Å². The number of hydrogen-bond acceptors (Lipinski definition) is 7. The van der Waals surface area contributed by atoms with Gasteiger partial charge in [-0.15, -0.1) is 11.6 Å². The minimum atomic E-state index is -0.793. The van der Waals surface area contributed by atoms with Gasteiger partial charge >= 0.3 is 5.97 Å². The summed E-state index contributed by atoms with van der Waals surface area (Å²) in [4.78, 5) is 24.4. The van der Waals surface area contributed by atoms with E-state index in [1.165, 1.54) is 46.5 Å². The predicted molar refractivity (Wildman–Crippen MR) is 106 cm³/mol. The Bertz CT molecular complexity index is 995. The molecular formula is C21H19ClO7. The van der Waals surface area contributed by atoms with Crippen molar-refractivity contribution in [1.29, 1.82) is 0 Å². The third kappa shape index (κ3) is 4.14. The lowest BCUT2D eigenvalue weighted by Gasteiger charge is -2.12. The fourth-order valence-corrected chi connectivity index (χ4v) is 2.78. The van der Waals surface area contributed by atoms with Crippen molar-refractivity contribution in [2.45, 2.75) is 12.3 Å². The van der Waals surface area contributed by atoms with Crippen LogP contribution in [0.2, 0.25) is 0 Å². The van der Waals surface area contributed by atoms with Crippen LogP contribution in [0, 0.1) is 0 Å². The zero-order chi connectivity index (χ0) is 21.1. The zero-order valence-corrected chi connectivity index (χ0v) is 17.0. The van der Waals surface area contributed by atoms with Crippen LogP contribution in [-0.2, 0) is 4.79 Å². The van der Waals surface area contributed by atoms with Crippen molar-refractivity contribution in [1.82, 2.24) is 0 Å². The number of benzene rings is 2. The highest BCUT2D eigenvalue weighted by Gasteiger charge is 2.29. The van der Waals surface area contributed by atoms with Gasteiger partial charge < -0.3 is 23.7 Å². The van der Waals surface area contributed by atoms with E-state index in [-0.39, 0.29) is 23.0 Å². The monoisotopic (exact) mass is 418 g/mol. The maximum absolute atomic E-state index is 12.7. The quantitative estimate of drug-likeness (QED) is 0.305. The molecule has 0 bridgehead atoms. The summed E-state index contributed by atoms with van der Waals surface area (Å²) in [7, 11) is 4.54. The van der Waals surface area contributed by atoms with E-state index in [1.54, 1.807) is 18.2 Å². The Morgan fingerprint density at radius 3 is 2.31 bits per heavy atom. The van der Waals surface area contributed by atoms with Gasteiger partial charge in [0, 0.05) is 17.7 Å². The standard InChI is InChI=1S/C21H19ClO7/c1-11(22)21(24)28-13-5-6-14-16(9-13)29-19(20(14)23)8-12-7-17(26-3)18(27-4)10-15(12)25-2/h5-11H,1-4H3/b19-8-. The number of rotatable bonds is 6. The van der Waals surface area contributed by atoms with Gasteiger partial charge in [-0.1, -0.05) is 0 Å². The summed E-state index contributed by atoms with van der Waals surface area (Å²) in [6.45, 7) is 1.51. The van der Waals surface area contributed by atoms with E-state index in [1.807, 2.05) is 0 Å². The van der Waals surface area contributed by atoms with Crippen molar-refractivity contribution in [3.05, 3.63) is 47.2 Å². The molecule has 8 heteroatoms. The first-order chi connectivity index (χ1) is 13.9. The molecule has 7 nitrogen and oxygen atoms in total. The molecule has 0 aromatic heterocycles. The van der Waals surface area contributed by atoms with Gasteiger partial charge in [0.1, 0.15) is 22.6 Å². The van der Waals surface area contributed by atoms with Crippen LogP contribution in [0.4, 0.5) is 0 Å². The average Bonchev–Trinajstić information content (AvgIpc) is 3.02. The molecular weight excluding hydrogens is 400 g/mol. The normalized spacial score (nSPS) is 14.8. The number of Topliss-reactive ketones (excluding diaryl/α,β-unsaturated/α-hetero) is 1. The van der Waals surface area contributed by atoms with Crippen LogP contribution in [0.25, 0.3) is 6.08 Å². The second kappa shape index (κ2) is 8.45. The van der Waals surface area contributed by atoms with Gasteiger partial charge in [0.05, 0.1) is 26.9 Å². The van der Waals surface area contributed by atoms with E-state index >= 15 is 0 Å². The molecule has 0 fully saturated rings. The van der Waals surface area contributed by atoms with Crippen LogP contribution in [0.1, 0.15) is 22.8 Å². The Balaban J connectivity index is 1.93. The molecule has 0 N–H and O–H groups in total. The van der Waals surface area contributed by atoms with Crippen LogP contribution in [0.3, 0.4) is 0 Å². The minimum Gasteiger partial charge on any atom is -0.496 e. The maximum atomic E-state index is 12.7. The Morgan fingerprint density at radius 1 is 1.03 bits per heavy atom. The number of carbonyl (C=O) groups excluding carboxylic acids is 2. The molecule has 0 saturated heterocycles. The molecule has 0 amide bonds. The zero-order valence-electron chi connectivity index (χ0n) is 16.3. The fourth-order valence-electron chi connectivity index (χ4n) is 2.73. The van der Waals surface area contributed by atoms with Crippen LogP contribution in [-0.4, -0.2) is 38.5 Å². The third-order valence-electron chi connectivity index (χ3n) is 4.21. The van der Waals surface area contributed by atoms with Crippen molar-refractivity contribution < 1.29 is 33.3 Å². The summed E-state index contributed by atoms with van der Waals surface area (Å²) in [5, 5.41) is -0.793. The summed E-state index contributed by atoms with van der Waals surface area (Å²) in [6, 6.07) is 7.85. The SMILES string of the molecule is COc1cc(OC)c(OC)cc1/C=C1\Oc2cc(OC(=O)C(C)Cl)ccc2C1=O. The molecule has 0 spiro atoms. The summed E-state index contributed by atoms with van der Waals surface area (Å²) in [5.41, 5.74) is 0.929. The van der Waals surface area contributed by atoms with Gasteiger partial charge in [0.25, 0.3) is 0 Å². The number of halogens is 1. The maximum Gasteiger partial charge on any atom is 0.329 e. The lowest BCUT2D eigenvalue weighted by Crippen LogP contribution is -2.17. The number of methoxy groups -OCH3 is 3. The van der Waals surface area contributed by atoms with E-state index in [2.05, 4.69) is 0 Å². The number of fused-ring (bicyclic) bond motifs is 1. The Labute approximate surface area is 172 Å². The highest BCUT2D eigenvalue weighted by atomic mass is 35.5. The van der Waals surface area contributed by atoms with E-state index in [9.17, 15) is 9.59 Å². The first-order valence-corrected chi connectivity index (χ1v) is 9.05. The molecule has 2 aromatic carbocycles. The number of alkyl halides is 1. The first kappa shape index (κ1) is 20.5. The second-order valence-electron chi connectivity index (χ2n) is 6.08. The summed E-state index contributed by atoms with van der Waals surface area (Å²) in [5.74, 6) is 1.17. The molecule has 1 aliphatic rings. The lowest BCUT2D eigenvalue weighted by molar-refractivity contribution is -0.133. The highest BCUT2D eigenvalue weighted by molar-refractivity contribution is 6.29. The number of ether oxygens (including phenoxy) is 5. The lowest BCUT2D eigenvalue weighted by atomic mass is 10.1. The van der Waals surface area contributed by atoms with Crippen molar-refractivity contribution in [3.8, 4) is 28.7 Å². The number of esters is 1. The molecule has 0 aliphatic carbocycles. The van der Waals surface area contributed by atoms with E-state index in [0.29, 0.717) is 28.4 Å². The van der Waals surface area contributed by atoms with Gasteiger partial charge in [-0.2, -0.15) is 0 Å². The third-order valence-corrected chi connectivity index (χ3v) is 4.39. The smallest absolute Gasteiger partial charge is 0.329 e. The van der Waals surface area contributed by atoms with Crippen LogP contribution in [0.15, 0.2) is 36.1 Å². The van der Waals surface area contributed by atoms with Gasteiger partial charge in [-0.05, 0) is 31.2 Å². The van der Waals surface area contributed by atoms with Gasteiger partial charge in [0.2, 0.25) is 5.78 Å². The summed E-state index contributed by atoms with van der Waals surface area (Å²) < 4.78 is 26.8. The van der Waals surface area contributed by atoms with Crippen molar-refractivity contribution in [2.24, 2.45) is 0 Å². The number of allylic oxidation sites excluding steroid dienone is 1. The van der Waals surface area contributed by atoms with E-state index < -0.39 is 11.3 Å². The molecule has 3 rings (SSSR count). The Morgan fingerprint density at radius 2 is 1.69 bits per heavy atom. The molecule has 29 heavy (non-hydrogen) atoms. The van der Waals surface area contributed by atoms with Crippen LogP contribution in [0.5, 0.6) is 28.7 Å². The summed E-state index contributed by atoms with van der Waals surface area (Å²) in [6.07, 6.45) is 1.55. The molecule has 1 heterocycles. The van der Waals surface area contributed by atoms with Crippen LogP contribution < -0.4 is 23.7 Å². The first-order valence-electron chi connectivity index (χ1n) is 8.62. The van der Waals surface area contributed by atoms with Gasteiger partial charge in [0.15, 0.2) is 17.3 Å².